The van der Waals surface area contributed by atoms with Gasteiger partial charge in [0.2, 0.25) is 11.8 Å². The van der Waals surface area contributed by atoms with Gasteiger partial charge < -0.3 is 14.5 Å². The lowest BCUT2D eigenvalue weighted by Gasteiger charge is -2.26. The summed E-state index contributed by atoms with van der Waals surface area (Å²) in [6, 6.07) is 7.15. The van der Waals surface area contributed by atoms with Crippen LogP contribution in [0.1, 0.15) is 33.6 Å². The third kappa shape index (κ3) is 5.06. The molecule has 0 atom stereocenters. The predicted octanol–water partition coefficient (Wildman–Crippen LogP) is 2.70. The molecular weight excluding hydrogens is 280 g/mol. The number of carbonyl (C=O) groups excluding carboxylic acids is 2. The van der Waals surface area contributed by atoms with Gasteiger partial charge in [-0.1, -0.05) is 13.8 Å². The average molecular weight is 306 g/mol. The van der Waals surface area contributed by atoms with Crippen molar-refractivity contribution in [2.45, 2.75) is 33.6 Å². The maximum atomic E-state index is 12.4. The van der Waals surface area contributed by atoms with Crippen molar-refractivity contribution < 1.29 is 14.3 Å². The highest BCUT2D eigenvalue weighted by Crippen LogP contribution is 2.19. The zero-order chi connectivity index (χ0) is 16.5. The normalized spacial score (nSPS) is 10.2. The maximum absolute atomic E-state index is 12.4. The van der Waals surface area contributed by atoms with Crippen LogP contribution in [0.2, 0.25) is 0 Å². The van der Waals surface area contributed by atoms with Crippen LogP contribution in [0.15, 0.2) is 24.3 Å². The SMILES string of the molecule is CCCN(CCC)C(=O)CN(C(C)=O)c1ccc(OC)cc1. The molecule has 5 heteroatoms. The summed E-state index contributed by atoms with van der Waals surface area (Å²) in [6.45, 7) is 7.08. The summed E-state index contributed by atoms with van der Waals surface area (Å²) in [5.74, 6) is 0.554. The molecule has 1 aromatic carbocycles. The summed E-state index contributed by atoms with van der Waals surface area (Å²) in [4.78, 5) is 27.7. The fourth-order valence-corrected chi connectivity index (χ4v) is 2.28. The molecule has 0 N–H and O–H groups in total. The van der Waals surface area contributed by atoms with Gasteiger partial charge in [0.05, 0.1) is 7.11 Å². The second-order valence-corrected chi connectivity index (χ2v) is 5.18. The monoisotopic (exact) mass is 306 g/mol. The van der Waals surface area contributed by atoms with E-state index in [1.165, 1.54) is 11.8 Å². The molecule has 0 aromatic heterocycles. The number of hydrogen-bond donors (Lipinski definition) is 0. The van der Waals surface area contributed by atoms with Crippen LogP contribution in [0.25, 0.3) is 0 Å². The Hall–Kier alpha value is -2.04. The van der Waals surface area contributed by atoms with E-state index in [9.17, 15) is 9.59 Å². The third-order valence-corrected chi connectivity index (χ3v) is 3.40. The highest BCUT2D eigenvalue weighted by molar-refractivity contribution is 5.97. The van der Waals surface area contributed by atoms with Crippen LogP contribution in [0.3, 0.4) is 0 Å². The minimum atomic E-state index is -0.147. The number of nitrogens with zero attached hydrogens (tertiary/aromatic N) is 2. The fourth-order valence-electron chi connectivity index (χ4n) is 2.28. The van der Waals surface area contributed by atoms with Gasteiger partial charge in [0, 0.05) is 25.7 Å². The van der Waals surface area contributed by atoms with E-state index in [0.717, 1.165) is 31.7 Å². The predicted molar refractivity (Wildman–Crippen MR) is 88.2 cm³/mol. The van der Waals surface area contributed by atoms with Gasteiger partial charge in [0.25, 0.3) is 0 Å². The summed E-state index contributed by atoms with van der Waals surface area (Å²) >= 11 is 0. The van der Waals surface area contributed by atoms with Gasteiger partial charge in [-0.3, -0.25) is 9.59 Å². The Bertz CT molecular complexity index is 479. The molecule has 0 radical (unpaired) electrons. The Morgan fingerprint density at radius 1 is 1.05 bits per heavy atom. The van der Waals surface area contributed by atoms with Crippen molar-refractivity contribution >= 4 is 17.5 Å². The average Bonchev–Trinajstić information content (AvgIpc) is 2.52. The molecule has 2 amide bonds. The second kappa shape index (κ2) is 9.07. The molecule has 122 valence electrons. The Balaban J connectivity index is 2.86. The molecule has 1 aromatic rings. The Labute approximate surface area is 132 Å². The molecule has 0 saturated carbocycles. The molecular formula is C17H26N2O3. The van der Waals surface area contributed by atoms with Gasteiger partial charge in [-0.05, 0) is 37.1 Å². The van der Waals surface area contributed by atoms with Crippen molar-refractivity contribution in [3.63, 3.8) is 0 Å². The molecule has 0 aliphatic rings. The molecule has 0 bridgehead atoms. The number of rotatable bonds is 8. The van der Waals surface area contributed by atoms with E-state index in [1.54, 1.807) is 31.4 Å². The lowest BCUT2D eigenvalue weighted by molar-refractivity contribution is -0.131. The van der Waals surface area contributed by atoms with Crippen LogP contribution in [0, 0.1) is 0 Å². The Kier molecular flexibility index (Phi) is 7.43. The summed E-state index contributed by atoms with van der Waals surface area (Å²) in [5, 5.41) is 0. The first kappa shape index (κ1) is 18.0. The quantitative estimate of drug-likeness (QED) is 0.742. The van der Waals surface area contributed by atoms with Crippen molar-refractivity contribution in [1.29, 1.82) is 0 Å². The molecule has 0 unspecified atom stereocenters. The van der Waals surface area contributed by atoms with Crippen LogP contribution in [0.5, 0.6) is 5.75 Å². The zero-order valence-electron chi connectivity index (χ0n) is 14.0. The Morgan fingerprint density at radius 3 is 2.00 bits per heavy atom. The van der Waals surface area contributed by atoms with Gasteiger partial charge in [-0.15, -0.1) is 0 Å². The van der Waals surface area contributed by atoms with Crippen LogP contribution >= 0.6 is 0 Å². The molecule has 0 saturated heterocycles. The van der Waals surface area contributed by atoms with Crippen molar-refractivity contribution in [2.24, 2.45) is 0 Å². The second-order valence-electron chi connectivity index (χ2n) is 5.18. The molecule has 0 aliphatic carbocycles. The van der Waals surface area contributed by atoms with Crippen LogP contribution in [-0.4, -0.2) is 43.5 Å². The first-order valence-corrected chi connectivity index (χ1v) is 7.73. The van der Waals surface area contributed by atoms with Crippen LogP contribution in [-0.2, 0) is 9.59 Å². The van der Waals surface area contributed by atoms with E-state index in [2.05, 4.69) is 0 Å². The number of amides is 2. The summed E-state index contributed by atoms with van der Waals surface area (Å²) in [6.07, 6.45) is 1.82. The number of benzene rings is 1. The summed E-state index contributed by atoms with van der Waals surface area (Å²) in [5.41, 5.74) is 0.703. The van der Waals surface area contributed by atoms with Gasteiger partial charge >= 0.3 is 0 Å². The number of methoxy groups -OCH3 is 1. The minimum absolute atomic E-state index is 0.0188. The fraction of sp³-hybridized carbons (Fsp3) is 0.529. The molecule has 0 aliphatic heterocycles. The van der Waals surface area contributed by atoms with E-state index in [4.69, 9.17) is 4.74 Å². The van der Waals surface area contributed by atoms with E-state index in [0.29, 0.717) is 5.69 Å². The lowest BCUT2D eigenvalue weighted by atomic mass is 10.2. The van der Waals surface area contributed by atoms with Gasteiger partial charge in [-0.25, -0.2) is 0 Å². The van der Waals surface area contributed by atoms with E-state index in [1.807, 2.05) is 18.7 Å². The smallest absolute Gasteiger partial charge is 0.242 e. The zero-order valence-corrected chi connectivity index (χ0v) is 14.0. The van der Waals surface area contributed by atoms with Crippen LogP contribution in [0.4, 0.5) is 5.69 Å². The van der Waals surface area contributed by atoms with Crippen molar-refractivity contribution in [1.82, 2.24) is 4.90 Å². The van der Waals surface area contributed by atoms with E-state index < -0.39 is 0 Å². The topological polar surface area (TPSA) is 49.9 Å². The van der Waals surface area contributed by atoms with E-state index >= 15 is 0 Å². The van der Waals surface area contributed by atoms with Crippen molar-refractivity contribution in [3.05, 3.63) is 24.3 Å². The van der Waals surface area contributed by atoms with Gasteiger partial charge in [-0.2, -0.15) is 0 Å². The molecule has 1 rings (SSSR count). The minimum Gasteiger partial charge on any atom is -0.497 e. The third-order valence-electron chi connectivity index (χ3n) is 3.40. The number of ether oxygens (including phenoxy) is 1. The maximum Gasteiger partial charge on any atom is 0.242 e. The first-order valence-electron chi connectivity index (χ1n) is 7.73. The summed E-state index contributed by atoms with van der Waals surface area (Å²) < 4.78 is 5.11. The largest absolute Gasteiger partial charge is 0.497 e. The molecule has 5 nitrogen and oxygen atoms in total. The van der Waals surface area contributed by atoms with Gasteiger partial charge in [0.15, 0.2) is 0 Å². The number of carbonyl (C=O) groups is 2. The van der Waals surface area contributed by atoms with Crippen molar-refractivity contribution in [3.8, 4) is 5.75 Å². The first-order chi connectivity index (χ1) is 10.5. The molecule has 0 spiro atoms. The highest BCUT2D eigenvalue weighted by Gasteiger charge is 2.19. The van der Waals surface area contributed by atoms with Gasteiger partial charge in [0.1, 0.15) is 12.3 Å². The number of anilines is 1. The van der Waals surface area contributed by atoms with E-state index in [-0.39, 0.29) is 18.4 Å². The highest BCUT2D eigenvalue weighted by atomic mass is 16.5. The molecule has 22 heavy (non-hydrogen) atoms. The van der Waals surface area contributed by atoms with Crippen molar-refractivity contribution in [2.75, 3.05) is 31.6 Å². The van der Waals surface area contributed by atoms with Crippen LogP contribution < -0.4 is 9.64 Å². The standard InChI is InChI=1S/C17H26N2O3/c1-5-11-18(12-6-2)17(21)13-19(14(3)20)15-7-9-16(22-4)10-8-15/h7-10H,5-6,11-13H2,1-4H3. The summed E-state index contributed by atoms with van der Waals surface area (Å²) in [7, 11) is 1.59. The number of hydrogen-bond acceptors (Lipinski definition) is 3. The molecule has 0 heterocycles. The Morgan fingerprint density at radius 2 is 1.59 bits per heavy atom. The lowest BCUT2D eigenvalue weighted by Crippen LogP contribution is -2.43. The molecule has 0 fully saturated rings.